The molecule has 1 aliphatic rings. The summed E-state index contributed by atoms with van der Waals surface area (Å²) in [5.41, 5.74) is 2.17. The number of carbonyl (C=O) groups is 2. The van der Waals surface area contributed by atoms with Crippen LogP contribution in [0.5, 0.6) is 0 Å². The van der Waals surface area contributed by atoms with E-state index in [1.54, 1.807) is 36.7 Å². The number of benzene rings is 1. The maximum absolute atomic E-state index is 12.3. The van der Waals surface area contributed by atoms with Gasteiger partial charge in [-0.15, -0.1) is 0 Å². The third-order valence-electron chi connectivity index (χ3n) is 3.51. The summed E-state index contributed by atoms with van der Waals surface area (Å²) in [6.07, 6.45) is 3.32. The van der Waals surface area contributed by atoms with E-state index in [-0.39, 0.29) is 12.6 Å². The standard InChI is InChI=1S/C14H14N4O3/c19-13(20)11-8-18(12-4-2-1-3-10(11)12)14(21)15-5-9-6-16-17-7-9/h1-4,6-7,11H,5,8H2,(H,15,21)(H,16,17)(H,19,20). The molecule has 7 heteroatoms. The second-order valence-corrected chi connectivity index (χ2v) is 4.83. The van der Waals surface area contributed by atoms with Gasteiger partial charge in [0.25, 0.3) is 0 Å². The van der Waals surface area contributed by atoms with Gasteiger partial charge in [-0.05, 0) is 11.6 Å². The molecule has 2 aromatic rings. The first-order valence-corrected chi connectivity index (χ1v) is 6.51. The summed E-state index contributed by atoms with van der Waals surface area (Å²) in [5.74, 6) is -1.60. The number of fused-ring (bicyclic) bond motifs is 1. The van der Waals surface area contributed by atoms with Gasteiger partial charge in [0.05, 0.1) is 6.20 Å². The first kappa shape index (κ1) is 13.2. The minimum Gasteiger partial charge on any atom is -0.481 e. The lowest BCUT2D eigenvalue weighted by Crippen LogP contribution is -2.39. The fourth-order valence-corrected chi connectivity index (χ4v) is 2.46. The number of aromatic amines is 1. The molecule has 1 aliphatic heterocycles. The predicted octanol–water partition coefficient (Wildman–Crippen LogP) is 1.31. The van der Waals surface area contributed by atoms with E-state index >= 15 is 0 Å². The number of hydrogen-bond acceptors (Lipinski definition) is 3. The highest BCUT2D eigenvalue weighted by molar-refractivity contribution is 5.97. The van der Waals surface area contributed by atoms with Crippen molar-refractivity contribution >= 4 is 17.7 Å². The number of aliphatic carboxylic acids is 1. The Labute approximate surface area is 120 Å². The van der Waals surface area contributed by atoms with Crippen molar-refractivity contribution in [3.8, 4) is 0 Å². The number of carbonyl (C=O) groups excluding carboxylic acids is 1. The van der Waals surface area contributed by atoms with Crippen molar-refractivity contribution in [2.45, 2.75) is 12.5 Å². The van der Waals surface area contributed by atoms with E-state index in [1.165, 1.54) is 4.90 Å². The first-order valence-electron chi connectivity index (χ1n) is 6.51. The number of hydrogen-bond donors (Lipinski definition) is 3. The quantitative estimate of drug-likeness (QED) is 0.792. The Balaban J connectivity index is 1.76. The fourth-order valence-electron chi connectivity index (χ4n) is 2.46. The van der Waals surface area contributed by atoms with Gasteiger partial charge >= 0.3 is 12.0 Å². The molecule has 3 N–H and O–H groups in total. The molecule has 0 aliphatic carbocycles. The number of urea groups is 1. The van der Waals surface area contributed by atoms with Gasteiger partial charge in [-0.3, -0.25) is 14.8 Å². The normalized spacial score (nSPS) is 16.6. The molecular formula is C14H14N4O3. The minimum atomic E-state index is -0.924. The summed E-state index contributed by atoms with van der Waals surface area (Å²) in [6, 6.07) is 6.77. The molecule has 2 amide bonds. The lowest BCUT2D eigenvalue weighted by molar-refractivity contribution is -0.138. The van der Waals surface area contributed by atoms with Gasteiger partial charge in [-0.2, -0.15) is 5.10 Å². The summed E-state index contributed by atoms with van der Waals surface area (Å²) in [5, 5.41) is 18.5. The molecule has 1 atom stereocenters. The van der Waals surface area contributed by atoms with Crippen molar-refractivity contribution in [3.63, 3.8) is 0 Å². The van der Waals surface area contributed by atoms with Crippen LogP contribution in [0.15, 0.2) is 36.7 Å². The number of para-hydroxylation sites is 1. The Kier molecular flexibility index (Phi) is 3.31. The molecule has 0 saturated carbocycles. The topological polar surface area (TPSA) is 98.3 Å². The molecule has 0 saturated heterocycles. The summed E-state index contributed by atoms with van der Waals surface area (Å²) >= 11 is 0. The van der Waals surface area contributed by atoms with Gasteiger partial charge in [-0.1, -0.05) is 18.2 Å². The fraction of sp³-hybridized carbons (Fsp3) is 0.214. The van der Waals surface area contributed by atoms with Gasteiger partial charge in [0, 0.05) is 30.5 Å². The minimum absolute atomic E-state index is 0.145. The van der Waals surface area contributed by atoms with E-state index in [1.807, 2.05) is 0 Å². The maximum atomic E-state index is 12.3. The molecule has 0 spiro atoms. The van der Waals surface area contributed by atoms with Gasteiger partial charge in [0.15, 0.2) is 0 Å². The van der Waals surface area contributed by atoms with Crippen molar-refractivity contribution in [2.75, 3.05) is 11.4 Å². The molecule has 2 heterocycles. The summed E-state index contributed by atoms with van der Waals surface area (Å²) in [7, 11) is 0. The van der Waals surface area contributed by atoms with Crippen LogP contribution in [0.25, 0.3) is 0 Å². The van der Waals surface area contributed by atoms with E-state index in [0.717, 1.165) is 5.56 Å². The van der Waals surface area contributed by atoms with Gasteiger partial charge in [-0.25, -0.2) is 4.79 Å². The lowest BCUT2D eigenvalue weighted by Gasteiger charge is -2.17. The number of anilines is 1. The zero-order valence-corrected chi connectivity index (χ0v) is 11.1. The number of amides is 2. The summed E-state index contributed by atoms with van der Waals surface area (Å²) < 4.78 is 0. The van der Waals surface area contributed by atoms with Crippen LogP contribution in [0.4, 0.5) is 10.5 Å². The Bertz CT molecular complexity index is 669. The smallest absolute Gasteiger partial charge is 0.322 e. The Morgan fingerprint density at radius 2 is 2.24 bits per heavy atom. The van der Waals surface area contributed by atoms with Crippen LogP contribution in [-0.2, 0) is 11.3 Å². The predicted molar refractivity (Wildman–Crippen MR) is 75.0 cm³/mol. The Hall–Kier alpha value is -2.83. The number of aromatic nitrogens is 2. The van der Waals surface area contributed by atoms with Crippen LogP contribution in [0.2, 0.25) is 0 Å². The molecule has 0 radical (unpaired) electrons. The molecular weight excluding hydrogens is 272 g/mol. The maximum Gasteiger partial charge on any atom is 0.322 e. The number of carboxylic acid groups (broad SMARTS) is 1. The van der Waals surface area contributed by atoms with Gasteiger partial charge in [0.1, 0.15) is 5.92 Å². The van der Waals surface area contributed by atoms with Gasteiger partial charge < -0.3 is 10.4 Å². The molecule has 7 nitrogen and oxygen atoms in total. The molecule has 1 aromatic heterocycles. The zero-order chi connectivity index (χ0) is 14.8. The molecule has 0 fully saturated rings. The molecule has 108 valence electrons. The number of nitrogens with one attached hydrogen (secondary N) is 2. The SMILES string of the molecule is O=C(O)C1CN(C(=O)NCc2cn[nH]c2)c2ccccc21. The van der Waals surface area contributed by atoms with Crippen LogP contribution < -0.4 is 10.2 Å². The molecule has 3 rings (SSSR count). The second-order valence-electron chi connectivity index (χ2n) is 4.83. The number of H-pyrrole nitrogens is 1. The van der Waals surface area contributed by atoms with Crippen molar-refractivity contribution in [1.29, 1.82) is 0 Å². The van der Waals surface area contributed by atoms with Crippen LogP contribution in [0.3, 0.4) is 0 Å². The second kappa shape index (κ2) is 5.28. The summed E-state index contributed by atoms with van der Waals surface area (Å²) in [4.78, 5) is 25.0. The molecule has 1 aromatic carbocycles. The van der Waals surface area contributed by atoms with E-state index in [4.69, 9.17) is 0 Å². The number of carboxylic acids is 1. The van der Waals surface area contributed by atoms with Crippen LogP contribution in [-0.4, -0.2) is 33.8 Å². The van der Waals surface area contributed by atoms with Crippen molar-refractivity contribution < 1.29 is 14.7 Å². The third kappa shape index (κ3) is 2.45. The summed E-state index contributed by atoms with van der Waals surface area (Å²) in [6.45, 7) is 0.484. The van der Waals surface area contributed by atoms with Gasteiger partial charge in [0.2, 0.25) is 0 Å². The van der Waals surface area contributed by atoms with Crippen LogP contribution >= 0.6 is 0 Å². The van der Waals surface area contributed by atoms with E-state index < -0.39 is 11.9 Å². The highest BCUT2D eigenvalue weighted by Gasteiger charge is 2.36. The highest BCUT2D eigenvalue weighted by atomic mass is 16.4. The van der Waals surface area contributed by atoms with Crippen molar-refractivity contribution in [1.82, 2.24) is 15.5 Å². The lowest BCUT2D eigenvalue weighted by atomic mass is 10.0. The number of rotatable bonds is 3. The Morgan fingerprint density at radius 3 is 2.95 bits per heavy atom. The molecule has 1 unspecified atom stereocenters. The first-order chi connectivity index (χ1) is 10.2. The average Bonchev–Trinajstić information content (AvgIpc) is 3.12. The molecule has 21 heavy (non-hydrogen) atoms. The number of nitrogens with zero attached hydrogens (tertiary/aromatic N) is 2. The van der Waals surface area contributed by atoms with Crippen LogP contribution in [0, 0.1) is 0 Å². The average molecular weight is 286 g/mol. The van der Waals surface area contributed by atoms with E-state index in [2.05, 4.69) is 15.5 Å². The van der Waals surface area contributed by atoms with Crippen molar-refractivity contribution in [3.05, 3.63) is 47.8 Å². The largest absolute Gasteiger partial charge is 0.481 e. The van der Waals surface area contributed by atoms with E-state index in [0.29, 0.717) is 17.8 Å². The molecule has 0 bridgehead atoms. The van der Waals surface area contributed by atoms with Crippen LogP contribution in [0.1, 0.15) is 17.0 Å². The van der Waals surface area contributed by atoms with Crippen molar-refractivity contribution in [2.24, 2.45) is 0 Å². The monoisotopic (exact) mass is 286 g/mol. The van der Waals surface area contributed by atoms with E-state index in [9.17, 15) is 14.7 Å². The zero-order valence-electron chi connectivity index (χ0n) is 11.1. The third-order valence-corrected chi connectivity index (χ3v) is 3.51. The highest BCUT2D eigenvalue weighted by Crippen LogP contribution is 2.36. The Morgan fingerprint density at radius 1 is 1.43 bits per heavy atom.